The van der Waals surface area contributed by atoms with Gasteiger partial charge in [0.25, 0.3) is 5.91 Å². The van der Waals surface area contributed by atoms with Crippen molar-refractivity contribution in [2.45, 2.75) is 39.0 Å². The number of aryl methyl sites for hydroxylation is 1. The summed E-state index contributed by atoms with van der Waals surface area (Å²) in [7, 11) is 0. The number of rotatable bonds is 5. The lowest BCUT2D eigenvalue weighted by Gasteiger charge is -2.12. The van der Waals surface area contributed by atoms with Crippen molar-refractivity contribution in [2.75, 3.05) is 6.54 Å². The van der Waals surface area contributed by atoms with Crippen LogP contribution in [0.25, 0.3) is 5.69 Å². The minimum atomic E-state index is -0.313. The second-order valence-corrected chi connectivity index (χ2v) is 5.98. The molecule has 126 valence electrons. The van der Waals surface area contributed by atoms with E-state index in [4.69, 9.17) is 0 Å². The molecule has 1 aliphatic rings. The van der Waals surface area contributed by atoms with Gasteiger partial charge in [0.05, 0.1) is 5.69 Å². The third-order valence-electron chi connectivity index (χ3n) is 4.16. The maximum Gasteiger partial charge on any atom is 0.290 e. The first-order valence-electron chi connectivity index (χ1n) is 8.29. The highest BCUT2D eigenvalue weighted by molar-refractivity contribution is 5.90. The van der Waals surface area contributed by atoms with Gasteiger partial charge in [-0.3, -0.25) is 4.79 Å². The summed E-state index contributed by atoms with van der Waals surface area (Å²) >= 11 is 0. The lowest BCUT2D eigenvalue weighted by atomic mass is 9.97. The van der Waals surface area contributed by atoms with E-state index in [9.17, 15) is 9.18 Å². The van der Waals surface area contributed by atoms with Crippen LogP contribution in [0, 0.1) is 12.7 Å². The number of nitrogens with zero attached hydrogens (tertiary/aromatic N) is 3. The Morgan fingerprint density at radius 3 is 2.79 bits per heavy atom. The van der Waals surface area contributed by atoms with Crippen molar-refractivity contribution in [3.63, 3.8) is 0 Å². The number of hydrogen-bond acceptors (Lipinski definition) is 3. The van der Waals surface area contributed by atoms with E-state index >= 15 is 0 Å². The number of amides is 1. The first-order chi connectivity index (χ1) is 11.6. The van der Waals surface area contributed by atoms with E-state index in [2.05, 4.69) is 21.5 Å². The molecule has 0 aliphatic heterocycles. The molecule has 0 bridgehead atoms. The molecule has 0 radical (unpaired) electrons. The molecule has 24 heavy (non-hydrogen) atoms. The first-order valence-corrected chi connectivity index (χ1v) is 8.29. The Hall–Kier alpha value is -2.50. The Kier molecular flexibility index (Phi) is 5.03. The van der Waals surface area contributed by atoms with Crippen molar-refractivity contribution in [1.29, 1.82) is 0 Å². The average molecular weight is 328 g/mol. The summed E-state index contributed by atoms with van der Waals surface area (Å²) in [5, 5.41) is 7.10. The van der Waals surface area contributed by atoms with Gasteiger partial charge in [0.15, 0.2) is 0 Å². The van der Waals surface area contributed by atoms with Gasteiger partial charge in [-0.2, -0.15) is 0 Å². The third-order valence-corrected chi connectivity index (χ3v) is 4.16. The van der Waals surface area contributed by atoms with Crippen LogP contribution in [0.3, 0.4) is 0 Å². The van der Waals surface area contributed by atoms with Crippen LogP contribution in [0.2, 0.25) is 0 Å². The minimum Gasteiger partial charge on any atom is -0.349 e. The van der Waals surface area contributed by atoms with Crippen LogP contribution in [0.1, 0.15) is 48.5 Å². The molecule has 1 N–H and O–H groups in total. The predicted octanol–water partition coefficient (Wildman–Crippen LogP) is 3.34. The summed E-state index contributed by atoms with van der Waals surface area (Å²) in [5.74, 6) is 0.123. The summed E-state index contributed by atoms with van der Waals surface area (Å²) in [6, 6.07) is 5.92. The highest BCUT2D eigenvalue weighted by Gasteiger charge is 2.15. The summed E-state index contributed by atoms with van der Waals surface area (Å²) in [6.45, 7) is 2.36. The Bertz CT molecular complexity index is 749. The van der Waals surface area contributed by atoms with Crippen LogP contribution in [0.5, 0.6) is 0 Å². The second kappa shape index (κ2) is 7.38. The molecule has 0 atom stereocenters. The smallest absolute Gasteiger partial charge is 0.290 e. The maximum atomic E-state index is 13.0. The largest absolute Gasteiger partial charge is 0.349 e. The molecule has 1 aliphatic carbocycles. The maximum absolute atomic E-state index is 13.0. The average Bonchev–Trinajstić information content (AvgIpc) is 2.98. The minimum absolute atomic E-state index is 0.134. The fourth-order valence-corrected chi connectivity index (χ4v) is 2.86. The molecule has 0 saturated heterocycles. The van der Waals surface area contributed by atoms with Gasteiger partial charge in [0, 0.05) is 6.54 Å². The zero-order valence-corrected chi connectivity index (χ0v) is 13.8. The number of nitrogens with one attached hydrogen (secondary N) is 1. The first kappa shape index (κ1) is 16.4. The van der Waals surface area contributed by atoms with Crippen molar-refractivity contribution in [3.05, 3.63) is 53.4 Å². The SMILES string of the molecule is Cc1nc(C(=O)NCCC2=CCCCC2)nn1-c1ccc(F)cc1. The van der Waals surface area contributed by atoms with E-state index in [0.29, 0.717) is 18.1 Å². The van der Waals surface area contributed by atoms with Gasteiger partial charge in [-0.1, -0.05) is 11.6 Å². The van der Waals surface area contributed by atoms with Crippen molar-refractivity contribution < 1.29 is 9.18 Å². The summed E-state index contributed by atoms with van der Waals surface area (Å²) in [4.78, 5) is 16.4. The van der Waals surface area contributed by atoms with Crippen molar-refractivity contribution in [1.82, 2.24) is 20.1 Å². The molecule has 1 heterocycles. The van der Waals surface area contributed by atoms with E-state index in [1.165, 1.54) is 35.2 Å². The Morgan fingerprint density at radius 2 is 2.08 bits per heavy atom. The van der Waals surface area contributed by atoms with Gasteiger partial charge in [-0.25, -0.2) is 14.1 Å². The molecule has 0 saturated carbocycles. The van der Waals surface area contributed by atoms with E-state index in [1.54, 1.807) is 19.1 Å². The van der Waals surface area contributed by atoms with Crippen LogP contribution in [-0.4, -0.2) is 27.2 Å². The van der Waals surface area contributed by atoms with E-state index in [0.717, 1.165) is 19.3 Å². The molecule has 1 aromatic heterocycles. The summed E-state index contributed by atoms with van der Waals surface area (Å²) < 4.78 is 14.6. The number of aromatic nitrogens is 3. The standard InChI is InChI=1S/C18H21FN4O/c1-13-21-17(22-23(13)16-9-7-15(19)8-10-16)18(24)20-12-11-14-5-3-2-4-6-14/h5,7-10H,2-4,6,11-12H2,1H3,(H,20,24). The van der Waals surface area contributed by atoms with Crippen LogP contribution >= 0.6 is 0 Å². The lowest BCUT2D eigenvalue weighted by Crippen LogP contribution is -2.26. The number of benzene rings is 1. The van der Waals surface area contributed by atoms with Gasteiger partial charge < -0.3 is 5.32 Å². The zero-order valence-electron chi connectivity index (χ0n) is 13.8. The molecule has 0 unspecified atom stereocenters. The molecular formula is C18H21FN4O. The van der Waals surface area contributed by atoms with Gasteiger partial charge in [0.1, 0.15) is 11.6 Å². The summed E-state index contributed by atoms with van der Waals surface area (Å²) in [6.07, 6.45) is 7.94. The highest BCUT2D eigenvalue weighted by Crippen LogP contribution is 2.19. The quantitative estimate of drug-likeness (QED) is 0.857. The van der Waals surface area contributed by atoms with E-state index in [-0.39, 0.29) is 17.5 Å². The van der Waals surface area contributed by atoms with Crippen molar-refractivity contribution in [2.24, 2.45) is 0 Å². The number of carbonyl (C=O) groups is 1. The van der Waals surface area contributed by atoms with Gasteiger partial charge >= 0.3 is 0 Å². The number of hydrogen-bond donors (Lipinski definition) is 1. The highest BCUT2D eigenvalue weighted by atomic mass is 19.1. The number of carbonyl (C=O) groups excluding carboxylic acids is 1. The third kappa shape index (κ3) is 3.88. The van der Waals surface area contributed by atoms with Crippen LogP contribution in [-0.2, 0) is 0 Å². The molecule has 1 aromatic carbocycles. The van der Waals surface area contributed by atoms with Crippen molar-refractivity contribution >= 4 is 5.91 Å². The second-order valence-electron chi connectivity index (χ2n) is 5.98. The molecular weight excluding hydrogens is 307 g/mol. The van der Waals surface area contributed by atoms with Crippen molar-refractivity contribution in [3.8, 4) is 5.69 Å². The van der Waals surface area contributed by atoms with Crippen LogP contribution in [0.4, 0.5) is 4.39 Å². The fourth-order valence-electron chi connectivity index (χ4n) is 2.86. The van der Waals surface area contributed by atoms with E-state index in [1.807, 2.05) is 0 Å². The molecule has 2 aromatic rings. The molecule has 0 fully saturated rings. The molecule has 5 nitrogen and oxygen atoms in total. The van der Waals surface area contributed by atoms with E-state index < -0.39 is 0 Å². The Balaban J connectivity index is 1.62. The zero-order chi connectivity index (χ0) is 16.9. The molecule has 3 rings (SSSR count). The molecule has 1 amide bonds. The fraction of sp³-hybridized carbons (Fsp3) is 0.389. The normalized spacial score (nSPS) is 14.3. The molecule has 6 heteroatoms. The summed E-state index contributed by atoms with van der Waals surface area (Å²) in [5.41, 5.74) is 2.09. The Labute approximate surface area is 140 Å². The predicted molar refractivity (Wildman–Crippen MR) is 89.6 cm³/mol. The van der Waals surface area contributed by atoms with Gasteiger partial charge in [-0.05, 0) is 63.3 Å². The lowest BCUT2D eigenvalue weighted by molar-refractivity contribution is 0.0943. The topological polar surface area (TPSA) is 59.8 Å². The number of allylic oxidation sites excluding steroid dienone is 1. The molecule has 0 spiro atoms. The monoisotopic (exact) mass is 328 g/mol. The van der Waals surface area contributed by atoms with Crippen LogP contribution in [0.15, 0.2) is 35.9 Å². The van der Waals surface area contributed by atoms with Gasteiger partial charge in [-0.15, -0.1) is 5.10 Å². The Morgan fingerprint density at radius 1 is 1.29 bits per heavy atom. The van der Waals surface area contributed by atoms with Gasteiger partial charge in [0.2, 0.25) is 5.82 Å². The van der Waals surface area contributed by atoms with Crippen LogP contribution < -0.4 is 5.32 Å². The number of halogens is 1.